The molecule has 0 N–H and O–H groups in total. The SMILES string of the molecule is COc1ccc(-c2ccc(OC)nn2)nn1.COc1ccc(Cl)nn1. The highest BCUT2D eigenvalue weighted by Gasteiger charge is 2.03. The highest BCUT2D eigenvalue weighted by molar-refractivity contribution is 6.29. The van der Waals surface area contributed by atoms with Gasteiger partial charge in [0.05, 0.1) is 21.3 Å². The number of halogens is 1. The summed E-state index contributed by atoms with van der Waals surface area (Å²) in [5.41, 5.74) is 1.27. The molecule has 0 fully saturated rings. The van der Waals surface area contributed by atoms with E-state index < -0.39 is 0 Å². The molecule has 25 heavy (non-hydrogen) atoms. The van der Waals surface area contributed by atoms with Crippen molar-refractivity contribution in [3.63, 3.8) is 0 Å². The van der Waals surface area contributed by atoms with Gasteiger partial charge in [-0.1, -0.05) is 11.6 Å². The van der Waals surface area contributed by atoms with Crippen LogP contribution in [0.4, 0.5) is 0 Å². The van der Waals surface area contributed by atoms with Gasteiger partial charge in [0.2, 0.25) is 17.6 Å². The van der Waals surface area contributed by atoms with Crippen LogP contribution in [0.3, 0.4) is 0 Å². The van der Waals surface area contributed by atoms with Crippen molar-refractivity contribution in [2.45, 2.75) is 0 Å². The van der Waals surface area contributed by atoms with Crippen molar-refractivity contribution in [1.82, 2.24) is 30.6 Å². The molecule has 10 heteroatoms. The number of hydrogen-bond donors (Lipinski definition) is 0. The largest absolute Gasteiger partial charge is 0.480 e. The summed E-state index contributed by atoms with van der Waals surface area (Å²) >= 11 is 5.44. The number of nitrogens with zero attached hydrogens (tertiary/aromatic N) is 6. The molecular formula is C15H15ClN6O3. The third-order valence-corrected chi connectivity index (χ3v) is 2.98. The Balaban J connectivity index is 0.000000212. The Kier molecular flexibility index (Phi) is 6.78. The van der Waals surface area contributed by atoms with Crippen LogP contribution in [0.1, 0.15) is 0 Å². The predicted molar refractivity (Wildman–Crippen MR) is 89.8 cm³/mol. The monoisotopic (exact) mass is 362 g/mol. The first-order valence-electron chi connectivity index (χ1n) is 6.95. The molecule has 3 aromatic rings. The minimum Gasteiger partial charge on any atom is -0.480 e. The van der Waals surface area contributed by atoms with Gasteiger partial charge in [-0.15, -0.1) is 30.6 Å². The average molecular weight is 363 g/mol. The molecule has 0 aliphatic heterocycles. The van der Waals surface area contributed by atoms with Crippen molar-refractivity contribution in [2.24, 2.45) is 0 Å². The van der Waals surface area contributed by atoms with E-state index in [-0.39, 0.29) is 0 Å². The lowest BCUT2D eigenvalue weighted by Gasteiger charge is -2.01. The molecule has 0 spiro atoms. The lowest BCUT2D eigenvalue weighted by atomic mass is 10.3. The molecule has 0 amide bonds. The summed E-state index contributed by atoms with van der Waals surface area (Å²) in [7, 11) is 4.60. The van der Waals surface area contributed by atoms with E-state index in [4.69, 9.17) is 25.8 Å². The van der Waals surface area contributed by atoms with Crippen LogP contribution in [0.25, 0.3) is 11.4 Å². The molecule has 0 aliphatic rings. The minimum atomic E-state index is 0.371. The quantitative estimate of drug-likeness (QED) is 0.689. The van der Waals surface area contributed by atoms with Crippen molar-refractivity contribution in [2.75, 3.05) is 21.3 Å². The van der Waals surface area contributed by atoms with Gasteiger partial charge >= 0.3 is 0 Å². The van der Waals surface area contributed by atoms with E-state index in [2.05, 4.69) is 30.6 Å². The summed E-state index contributed by atoms with van der Waals surface area (Å²) in [5, 5.41) is 23.1. The van der Waals surface area contributed by atoms with Gasteiger partial charge in [0.1, 0.15) is 11.4 Å². The van der Waals surface area contributed by atoms with Crippen LogP contribution < -0.4 is 14.2 Å². The van der Waals surface area contributed by atoms with Crippen molar-refractivity contribution in [3.05, 3.63) is 41.6 Å². The smallest absolute Gasteiger partial charge is 0.233 e. The molecule has 0 aromatic carbocycles. The highest BCUT2D eigenvalue weighted by Crippen LogP contribution is 2.16. The normalized spacial score (nSPS) is 9.60. The first-order chi connectivity index (χ1) is 12.2. The summed E-state index contributed by atoms with van der Waals surface area (Å²) in [6.07, 6.45) is 0. The maximum atomic E-state index is 5.44. The van der Waals surface area contributed by atoms with Gasteiger partial charge in [0.25, 0.3) is 0 Å². The first kappa shape index (κ1) is 18.3. The Morgan fingerprint density at radius 2 is 0.960 bits per heavy atom. The molecule has 3 aromatic heterocycles. The van der Waals surface area contributed by atoms with Crippen molar-refractivity contribution in [3.8, 4) is 29.0 Å². The zero-order valence-corrected chi connectivity index (χ0v) is 14.5. The third kappa shape index (κ3) is 5.50. The topological polar surface area (TPSA) is 105 Å². The maximum absolute atomic E-state index is 5.44. The molecule has 0 bridgehead atoms. The second-order valence-electron chi connectivity index (χ2n) is 4.32. The van der Waals surface area contributed by atoms with E-state index >= 15 is 0 Å². The Hall–Kier alpha value is -3.07. The van der Waals surface area contributed by atoms with E-state index in [9.17, 15) is 0 Å². The Bertz CT molecular complexity index is 723. The number of aromatic nitrogens is 6. The summed E-state index contributed by atoms with van der Waals surface area (Å²) in [6, 6.07) is 10.2. The summed E-state index contributed by atoms with van der Waals surface area (Å²) < 4.78 is 14.6. The molecule has 9 nitrogen and oxygen atoms in total. The van der Waals surface area contributed by atoms with E-state index in [1.807, 2.05) is 0 Å². The molecule has 3 rings (SSSR count). The van der Waals surface area contributed by atoms with Crippen LogP contribution in [-0.2, 0) is 0 Å². The fourth-order valence-electron chi connectivity index (χ4n) is 1.54. The molecule has 0 aliphatic carbocycles. The first-order valence-corrected chi connectivity index (χ1v) is 7.33. The lowest BCUT2D eigenvalue weighted by molar-refractivity contribution is 0.391. The van der Waals surface area contributed by atoms with E-state index in [1.165, 1.54) is 21.3 Å². The van der Waals surface area contributed by atoms with Crippen LogP contribution in [0.5, 0.6) is 17.6 Å². The number of rotatable bonds is 4. The number of hydrogen-bond acceptors (Lipinski definition) is 9. The lowest BCUT2D eigenvalue weighted by Crippen LogP contribution is -1.96. The van der Waals surface area contributed by atoms with Crippen molar-refractivity contribution in [1.29, 1.82) is 0 Å². The summed E-state index contributed by atoms with van der Waals surface area (Å²) in [4.78, 5) is 0. The highest BCUT2D eigenvalue weighted by atomic mass is 35.5. The zero-order valence-electron chi connectivity index (χ0n) is 13.8. The minimum absolute atomic E-state index is 0.371. The third-order valence-electron chi connectivity index (χ3n) is 2.78. The van der Waals surface area contributed by atoms with Crippen LogP contribution >= 0.6 is 11.6 Å². The standard InChI is InChI=1S/C10H10N4O2.C5H5ClN2O/c1-15-9-5-3-7(11-13-9)8-4-6-10(16-2)14-12-8;1-9-5-3-2-4(6)7-8-5/h3-6H,1-2H3;2-3H,1H3. The van der Waals surface area contributed by atoms with Gasteiger partial charge in [-0.05, 0) is 18.2 Å². The molecule has 0 saturated heterocycles. The average Bonchev–Trinajstić information content (AvgIpc) is 2.69. The second kappa shape index (κ2) is 9.28. The maximum Gasteiger partial charge on any atom is 0.233 e. The van der Waals surface area contributed by atoms with Crippen molar-refractivity contribution < 1.29 is 14.2 Å². The van der Waals surface area contributed by atoms with Crippen LogP contribution in [0, 0.1) is 0 Å². The predicted octanol–water partition coefficient (Wildman–Crippen LogP) is 2.09. The zero-order chi connectivity index (χ0) is 18.1. The molecule has 0 saturated carbocycles. The number of ether oxygens (including phenoxy) is 3. The molecular weight excluding hydrogens is 348 g/mol. The van der Waals surface area contributed by atoms with Gasteiger partial charge in [-0.25, -0.2) is 0 Å². The Morgan fingerprint density at radius 3 is 1.24 bits per heavy atom. The summed E-state index contributed by atoms with van der Waals surface area (Å²) in [6.45, 7) is 0. The van der Waals surface area contributed by atoms with Gasteiger partial charge in [0.15, 0.2) is 5.15 Å². The van der Waals surface area contributed by atoms with Crippen molar-refractivity contribution >= 4 is 11.6 Å². The van der Waals surface area contributed by atoms with Gasteiger partial charge in [0, 0.05) is 18.2 Å². The van der Waals surface area contributed by atoms with Crippen LogP contribution in [-0.4, -0.2) is 51.9 Å². The fraction of sp³-hybridized carbons (Fsp3) is 0.200. The fourth-order valence-corrected chi connectivity index (χ4v) is 1.64. The Labute approximate surface area is 149 Å². The van der Waals surface area contributed by atoms with Gasteiger partial charge < -0.3 is 14.2 Å². The van der Waals surface area contributed by atoms with E-state index in [1.54, 1.807) is 36.4 Å². The van der Waals surface area contributed by atoms with Crippen LogP contribution in [0.2, 0.25) is 5.15 Å². The van der Waals surface area contributed by atoms with Gasteiger partial charge in [-0.2, -0.15) is 0 Å². The van der Waals surface area contributed by atoms with Gasteiger partial charge in [-0.3, -0.25) is 0 Å². The molecule has 3 heterocycles. The van der Waals surface area contributed by atoms with Crippen LogP contribution in [0.15, 0.2) is 36.4 Å². The molecule has 130 valence electrons. The Morgan fingerprint density at radius 1 is 0.560 bits per heavy atom. The molecule has 0 unspecified atom stereocenters. The molecule has 0 radical (unpaired) electrons. The second-order valence-corrected chi connectivity index (χ2v) is 4.71. The van der Waals surface area contributed by atoms with E-state index in [0.717, 1.165) is 0 Å². The van der Waals surface area contributed by atoms with E-state index in [0.29, 0.717) is 34.2 Å². The summed E-state index contributed by atoms with van der Waals surface area (Å²) in [5.74, 6) is 1.40. The molecule has 0 atom stereocenters. The number of methoxy groups -OCH3 is 3.